The summed E-state index contributed by atoms with van der Waals surface area (Å²) in [6.45, 7) is 7.92. The number of amides is 4. The molecule has 3 fully saturated rings. The summed E-state index contributed by atoms with van der Waals surface area (Å²) in [5, 5.41) is 19.3. The highest BCUT2D eigenvalue weighted by Gasteiger charge is 2.52. The Kier molecular flexibility index (Phi) is 9.96. The number of anilines is 1. The smallest absolute Gasteiger partial charge is 0.408 e. The van der Waals surface area contributed by atoms with E-state index >= 15 is 0 Å². The third-order valence-corrected chi connectivity index (χ3v) is 9.08. The fraction of sp³-hybridized carbons (Fsp3) is 0.677. The molecular formula is C31H45N5O7. The number of hydrogen-bond acceptors (Lipinski definition) is 7. The van der Waals surface area contributed by atoms with Crippen LogP contribution in [-0.4, -0.2) is 64.4 Å². The Bertz CT molecular complexity index is 1210. The molecule has 2 saturated carbocycles. The zero-order chi connectivity index (χ0) is 31.4. The van der Waals surface area contributed by atoms with Crippen molar-refractivity contribution in [2.75, 3.05) is 18.4 Å². The number of ether oxygens (including phenoxy) is 1. The summed E-state index contributed by atoms with van der Waals surface area (Å²) in [6.07, 6.45) is 7.33. The molecule has 12 heteroatoms. The molecular weight excluding hydrogens is 554 g/mol. The van der Waals surface area contributed by atoms with Crippen LogP contribution in [0.1, 0.15) is 85.5 Å². The highest BCUT2D eigenvalue weighted by atomic mass is 16.6. The molecule has 2 aliphatic carbocycles. The summed E-state index contributed by atoms with van der Waals surface area (Å²) in [4.78, 5) is 65.1. The Labute approximate surface area is 252 Å². The second kappa shape index (κ2) is 13.3. The molecule has 4 atom stereocenters. The lowest BCUT2D eigenvalue weighted by atomic mass is 9.76. The third kappa shape index (κ3) is 8.03. The molecule has 3 aliphatic rings. The number of nitro benzene ring substituents is 1. The van der Waals surface area contributed by atoms with Crippen molar-refractivity contribution in [1.82, 2.24) is 15.5 Å². The van der Waals surface area contributed by atoms with Crippen molar-refractivity contribution in [3.05, 3.63) is 34.4 Å². The zero-order valence-electron chi connectivity index (χ0n) is 25.6. The van der Waals surface area contributed by atoms with Crippen molar-refractivity contribution in [1.29, 1.82) is 0 Å². The van der Waals surface area contributed by atoms with Crippen molar-refractivity contribution in [3.8, 4) is 0 Å². The molecule has 43 heavy (non-hydrogen) atoms. The number of benzene rings is 1. The topological polar surface area (TPSA) is 160 Å². The zero-order valence-corrected chi connectivity index (χ0v) is 25.6. The van der Waals surface area contributed by atoms with Gasteiger partial charge in [0.1, 0.15) is 17.7 Å². The monoisotopic (exact) mass is 599 g/mol. The van der Waals surface area contributed by atoms with E-state index in [-0.39, 0.29) is 34.8 Å². The molecule has 0 aromatic heterocycles. The van der Waals surface area contributed by atoms with Gasteiger partial charge < -0.3 is 25.6 Å². The SMILES string of the molecule is C[C@@H](NC(=O)[C@H]1CCC[C@]12CCN(C(=O)C(NC(=O)OC(C)(C)C)C1CCCCC1)C2)C(=O)Nc1ccc([N+](=O)[O-])cc1. The average Bonchev–Trinajstić information content (AvgIpc) is 3.57. The van der Waals surface area contributed by atoms with Gasteiger partial charge in [-0.1, -0.05) is 25.7 Å². The van der Waals surface area contributed by atoms with Gasteiger partial charge in [0.2, 0.25) is 17.7 Å². The van der Waals surface area contributed by atoms with E-state index in [9.17, 15) is 29.3 Å². The lowest BCUT2D eigenvalue weighted by molar-refractivity contribution is -0.384. The molecule has 1 spiro atoms. The fourth-order valence-electron chi connectivity index (χ4n) is 6.90. The normalized spacial score (nSPS) is 23.8. The van der Waals surface area contributed by atoms with Gasteiger partial charge in [-0.25, -0.2) is 4.79 Å². The van der Waals surface area contributed by atoms with Crippen LogP contribution >= 0.6 is 0 Å². The van der Waals surface area contributed by atoms with Crippen LogP contribution in [0, 0.1) is 27.4 Å². The van der Waals surface area contributed by atoms with Gasteiger partial charge in [0.15, 0.2) is 0 Å². The molecule has 12 nitrogen and oxygen atoms in total. The minimum atomic E-state index is -0.826. The van der Waals surface area contributed by atoms with Crippen molar-refractivity contribution < 1.29 is 28.8 Å². The van der Waals surface area contributed by atoms with E-state index in [1.807, 2.05) is 4.90 Å². The summed E-state index contributed by atoms with van der Waals surface area (Å²) in [6, 6.07) is 4.00. The molecule has 1 saturated heterocycles. The lowest BCUT2D eigenvalue weighted by Crippen LogP contribution is -2.53. The van der Waals surface area contributed by atoms with E-state index in [1.165, 1.54) is 24.3 Å². The van der Waals surface area contributed by atoms with Crippen LogP contribution in [-0.2, 0) is 19.1 Å². The number of rotatable bonds is 8. The second-order valence-corrected chi connectivity index (χ2v) is 13.4. The van der Waals surface area contributed by atoms with Crippen LogP contribution in [0.3, 0.4) is 0 Å². The number of nitrogens with zero attached hydrogens (tertiary/aromatic N) is 2. The molecule has 3 N–H and O–H groups in total. The highest BCUT2D eigenvalue weighted by molar-refractivity contribution is 5.97. The molecule has 1 aromatic carbocycles. The number of alkyl carbamates (subject to hydrolysis) is 1. The first-order valence-corrected chi connectivity index (χ1v) is 15.4. The summed E-state index contributed by atoms with van der Waals surface area (Å²) in [7, 11) is 0. The van der Waals surface area contributed by atoms with Crippen molar-refractivity contribution in [3.63, 3.8) is 0 Å². The lowest BCUT2D eigenvalue weighted by Gasteiger charge is -2.35. The number of carbonyl (C=O) groups is 4. The molecule has 1 aliphatic heterocycles. The first-order valence-electron chi connectivity index (χ1n) is 15.4. The number of likely N-dealkylation sites (tertiary alicyclic amines) is 1. The van der Waals surface area contributed by atoms with Crippen LogP contribution in [0.4, 0.5) is 16.2 Å². The molecule has 1 heterocycles. The van der Waals surface area contributed by atoms with E-state index < -0.39 is 34.6 Å². The summed E-state index contributed by atoms with van der Waals surface area (Å²) >= 11 is 0. The van der Waals surface area contributed by atoms with Gasteiger partial charge >= 0.3 is 6.09 Å². The molecule has 4 amide bonds. The maximum atomic E-state index is 13.9. The number of nitro groups is 1. The van der Waals surface area contributed by atoms with Gasteiger partial charge in [-0.2, -0.15) is 0 Å². The minimum absolute atomic E-state index is 0.0445. The Morgan fingerprint density at radius 1 is 1.00 bits per heavy atom. The molecule has 236 valence electrons. The summed E-state index contributed by atoms with van der Waals surface area (Å²) < 4.78 is 5.49. The maximum Gasteiger partial charge on any atom is 0.408 e. The van der Waals surface area contributed by atoms with Gasteiger partial charge in [0.05, 0.1) is 4.92 Å². The maximum absolute atomic E-state index is 13.9. The predicted octanol–water partition coefficient (Wildman–Crippen LogP) is 4.53. The van der Waals surface area contributed by atoms with Crippen LogP contribution in [0.5, 0.6) is 0 Å². The number of non-ortho nitro benzene ring substituents is 1. The third-order valence-electron chi connectivity index (χ3n) is 9.08. The molecule has 0 radical (unpaired) electrons. The van der Waals surface area contributed by atoms with E-state index in [4.69, 9.17) is 4.74 Å². The van der Waals surface area contributed by atoms with Crippen LogP contribution in [0.2, 0.25) is 0 Å². The van der Waals surface area contributed by atoms with Crippen LogP contribution in [0.15, 0.2) is 24.3 Å². The minimum Gasteiger partial charge on any atom is -0.444 e. The molecule has 0 bridgehead atoms. The molecule has 1 aromatic rings. The van der Waals surface area contributed by atoms with E-state index in [0.29, 0.717) is 31.6 Å². The molecule has 4 rings (SSSR count). The van der Waals surface area contributed by atoms with Crippen LogP contribution in [0.25, 0.3) is 0 Å². The van der Waals surface area contributed by atoms with Crippen molar-refractivity contribution >= 4 is 35.2 Å². The molecule has 1 unspecified atom stereocenters. The Morgan fingerprint density at radius 3 is 2.30 bits per heavy atom. The predicted molar refractivity (Wildman–Crippen MR) is 160 cm³/mol. The van der Waals surface area contributed by atoms with Crippen molar-refractivity contribution in [2.24, 2.45) is 17.3 Å². The second-order valence-electron chi connectivity index (χ2n) is 13.4. The van der Waals surface area contributed by atoms with Gasteiger partial charge in [-0.05, 0) is 77.8 Å². The van der Waals surface area contributed by atoms with Gasteiger partial charge in [-0.3, -0.25) is 24.5 Å². The van der Waals surface area contributed by atoms with Gasteiger partial charge in [0.25, 0.3) is 5.69 Å². The van der Waals surface area contributed by atoms with Crippen LogP contribution < -0.4 is 16.0 Å². The standard InChI is InChI=1S/C31H45N5O7/c1-20(26(37)33-22-12-14-23(15-13-22)36(41)42)32-27(38)24-11-8-16-31(24)17-18-35(19-31)28(39)25(21-9-6-5-7-10-21)34-29(40)43-30(2,3)4/h12-15,20-21,24-25H,5-11,16-19H2,1-4H3,(H,32,38)(H,33,37)(H,34,40)/t20-,24-,25?,31-/m1/s1. The Morgan fingerprint density at radius 2 is 1.67 bits per heavy atom. The average molecular weight is 600 g/mol. The summed E-state index contributed by atoms with van der Waals surface area (Å²) in [5.74, 6) is -1.05. The first-order chi connectivity index (χ1) is 20.3. The largest absolute Gasteiger partial charge is 0.444 e. The highest BCUT2D eigenvalue weighted by Crippen LogP contribution is 2.50. The van der Waals surface area contributed by atoms with E-state index in [0.717, 1.165) is 44.9 Å². The quantitative estimate of drug-likeness (QED) is 0.292. The van der Waals surface area contributed by atoms with E-state index in [2.05, 4.69) is 16.0 Å². The van der Waals surface area contributed by atoms with Gasteiger partial charge in [-0.15, -0.1) is 0 Å². The summed E-state index contributed by atoms with van der Waals surface area (Å²) in [5.41, 5.74) is -0.744. The number of carbonyl (C=O) groups excluding carboxylic acids is 4. The van der Waals surface area contributed by atoms with Crippen molar-refractivity contribution in [2.45, 2.75) is 103 Å². The first kappa shape index (κ1) is 32.2. The number of nitrogens with one attached hydrogen (secondary N) is 3. The number of hydrogen-bond donors (Lipinski definition) is 3. The van der Waals surface area contributed by atoms with E-state index in [1.54, 1.807) is 27.7 Å². The Hall–Kier alpha value is -3.70. The Balaban J connectivity index is 1.38. The fourth-order valence-corrected chi connectivity index (χ4v) is 6.90. The van der Waals surface area contributed by atoms with Gasteiger partial charge in [0, 0.05) is 42.2 Å².